The maximum Gasteiger partial charge on any atom is 0.264 e. The van der Waals surface area contributed by atoms with Crippen molar-refractivity contribution in [3.63, 3.8) is 0 Å². The number of ether oxygens (including phenoxy) is 1. The molecule has 3 aromatic rings. The van der Waals surface area contributed by atoms with Crippen LogP contribution in [0.3, 0.4) is 0 Å². The lowest BCUT2D eigenvalue weighted by atomic mass is 9.82. The van der Waals surface area contributed by atoms with Gasteiger partial charge in [0.25, 0.3) is 5.91 Å². The van der Waals surface area contributed by atoms with Crippen molar-refractivity contribution in [1.82, 2.24) is 4.90 Å². The number of benzene rings is 3. The van der Waals surface area contributed by atoms with Crippen molar-refractivity contribution in [2.24, 2.45) is 5.92 Å². The van der Waals surface area contributed by atoms with E-state index in [-0.39, 0.29) is 31.4 Å². The quantitative estimate of drug-likeness (QED) is 0.0973. The van der Waals surface area contributed by atoms with Crippen LogP contribution in [-0.4, -0.2) is 67.1 Å². The Morgan fingerprint density at radius 2 is 1.65 bits per heavy atom. The predicted octanol–water partition coefficient (Wildman–Crippen LogP) is 7.23. The van der Waals surface area contributed by atoms with Gasteiger partial charge in [-0.1, -0.05) is 78.8 Å². The van der Waals surface area contributed by atoms with Crippen molar-refractivity contribution >= 4 is 43.6 Å². The normalized spacial score (nSPS) is 21.3. The summed E-state index contributed by atoms with van der Waals surface area (Å²) in [5.41, 5.74) is 3.94. The summed E-state index contributed by atoms with van der Waals surface area (Å²) in [6.07, 6.45) is 6.00. The van der Waals surface area contributed by atoms with Crippen LogP contribution in [0.15, 0.2) is 102 Å². The largest absolute Gasteiger partial charge is 0.432 e. The van der Waals surface area contributed by atoms with Gasteiger partial charge in [-0.15, -0.1) is 0 Å². The number of aliphatic hydroxyl groups is 1. The summed E-state index contributed by atoms with van der Waals surface area (Å²) in [5.74, 6) is -0.960. The number of fused-ring (bicyclic) bond motifs is 2. The number of anilines is 3. The van der Waals surface area contributed by atoms with E-state index in [1.165, 1.54) is 10.5 Å². The molecule has 4 atom stereocenters. The molecule has 0 aliphatic carbocycles. The first-order valence-electron chi connectivity index (χ1n) is 18.2. The number of carbonyl (C=O) groups excluding carboxylic acids is 3. The molecule has 0 saturated carbocycles. The molecule has 9 nitrogen and oxygen atoms in total. The average molecular weight is 724 g/mol. The molecule has 0 radical (unpaired) electrons. The van der Waals surface area contributed by atoms with Crippen LogP contribution in [-0.2, 0) is 31.3 Å². The molecule has 2 aliphatic rings. The standard InChI is InChI=1S/C42H53N3O6Si/c1-30(2)14-13-15-31(3)22-23-44-37-21-20-35(45(29-47)34-18-11-8-12-19-34)26-36(37)42(41(44)49)32(4)40(52(5,6)50)38(51-42)27-39(48)43(24-25-46)28-33-16-9-7-10-17-33/h7-12,14,16-22,26,29,32,38,40,46,50H,13,15,23-25,27-28H2,1-6H3/b31-22+/t32-,38+,40-,42+/m1/s1. The van der Waals surface area contributed by atoms with Gasteiger partial charge in [0.2, 0.25) is 12.3 Å². The third-order valence-corrected chi connectivity index (χ3v) is 12.9. The van der Waals surface area contributed by atoms with E-state index in [1.54, 1.807) is 9.80 Å². The van der Waals surface area contributed by atoms with E-state index >= 15 is 0 Å². The lowest BCUT2D eigenvalue weighted by molar-refractivity contribution is -0.149. The summed E-state index contributed by atoms with van der Waals surface area (Å²) in [6, 6.07) is 24.5. The van der Waals surface area contributed by atoms with Crippen molar-refractivity contribution in [1.29, 1.82) is 0 Å². The molecule has 2 N–H and O–H groups in total. The third-order valence-electron chi connectivity index (χ3n) is 10.4. The van der Waals surface area contributed by atoms with Gasteiger partial charge >= 0.3 is 0 Å². The molecular formula is C42H53N3O6Si. The summed E-state index contributed by atoms with van der Waals surface area (Å²) < 4.78 is 6.99. The zero-order valence-corrected chi connectivity index (χ0v) is 32.3. The first kappa shape index (κ1) is 38.9. The minimum Gasteiger partial charge on any atom is -0.432 e. The molecule has 2 aliphatic heterocycles. The van der Waals surface area contributed by atoms with E-state index in [4.69, 9.17) is 4.74 Å². The Kier molecular flexibility index (Phi) is 12.4. The number of rotatable bonds is 15. The van der Waals surface area contributed by atoms with Crippen molar-refractivity contribution in [2.75, 3.05) is 29.5 Å². The molecule has 3 amide bonds. The van der Waals surface area contributed by atoms with Gasteiger partial charge in [0.1, 0.15) is 0 Å². The van der Waals surface area contributed by atoms with Crippen molar-refractivity contribution in [3.05, 3.63) is 113 Å². The number of hydrogen-bond donors (Lipinski definition) is 2. The van der Waals surface area contributed by atoms with E-state index in [2.05, 4.69) is 32.9 Å². The fraction of sp³-hybridized carbons (Fsp3) is 0.405. The Morgan fingerprint density at radius 3 is 2.27 bits per heavy atom. The van der Waals surface area contributed by atoms with Crippen molar-refractivity contribution in [3.8, 4) is 0 Å². The number of amides is 3. The highest BCUT2D eigenvalue weighted by Gasteiger charge is 2.66. The van der Waals surface area contributed by atoms with Crippen LogP contribution < -0.4 is 9.80 Å². The highest BCUT2D eigenvalue weighted by Crippen LogP contribution is 2.60. The van der Waals surface area contributed by atoms with Gasteiger partial charge in [-0.25, -0.2) is 0 Å². The summed E-state index contributed by atoms with van der Waals surface area (Å²) >= 11 is 0. The molecule has 0 bridgehead atoms. The van der Waals surface area contributed by atoms with Gasteiger partial charge in [0.05, 0.1) is 24.8 Å². The second-order valence-corrected chi connectivity index (χ2v) is 18.9. The molecule has 3 aromatic carbocycles. The molecule has 1 saturated heterocycles. The SMILES string of the molecule is CC(C)=CCC/C(C)=C/CN1C(=O)[C@@]2(O[C@@H](CC(=O)N(CCO)Cc3ccccc3)[C@H]([Si](C)(C)O)[C@H]2C)c2cc(N(C=O)c3ccccc3)ccc21. The number of carbonyl (C=O) groups is 3. The zero-order chi connectivity index (χ0) is 37.6. The Bertz CT molecular complexity index is 1790. The monoisotopic (exact) mass is 723 g/mol. The summed E-state index contributed by atoms with van der Waals surface area (Å²) in [6.45, 7) is 12.4. The lowest BCUT2D eigenvalue weighted by Crippen LogP contribution is -2.46. The summed E-state index contributed by atoms with van der Waals surface area (Å²) in [7, 11) is -3.07. The average Bonchev–Trinajstić information content (AvgIpc) is 3.53. The van der Waals surface area contributed by atoms with Crippen molar-refractivity contribution < 1.29 is 29.0 Å². The lowest BCUT2D eigenvalue weighted by Gasteiger charge is -2.33. The molecule has 276 valence electrons. The highest BCUT2D eigenvalue weighted by atomic mass is 28.4. The summed E-state index contributed by atoms with van der Waals surface area (Å²) in [5, 5.41) is 9.88. The van der Waals surface area contributed by atoms with E-state index < -0.39 is 31.5 Å². The van der Waals surface area contributed by atoms with Gasteiger partial charge in [-0.3, -0.25) is 19.3 Å². The Labute approximate surface area is 309 Å². The highest BCUT2D eigenvalue weighted by molar-refractivity contribution is 6.71. The molecular weight excluding hydrogens is 671 g/mol. The molecule has 0 aromatic heterocycles. The fourth-order valence-corrected chi connectivity index (χ4v) is 10.5. The number of hydrogen-bond acceptors (Lipinski definition) is 6. The predicted molar refractivity (Wildman–Crippen MR) is 209 cm³/mol. The molecule has 1 spiro atoms. The zero-order valence-electron chi connectivity index (χ0n) is 31.3. The topological polar surface area (TPSA) is 111 Å². The smallest absolute Gasteiger partial charge is 0.264 e. The first-order chi connectivity index (χ1) is 24.8. The van der Waals surface area contributed by atoms with E-state index in [1.807, 2.05) is 98.9 Å². The number of aliphatic hydroxyl groups excluding tert-OH is 1. The van der Waals surface area contributed by atoms with E-state index in [9.17, 15) is 24.3 Å². The Hall–Kier alpha value is -4.35. The van der Waals surface area contributed by atoms with Gasteiger partial charge in [-0.2, -0.15) is 0 Å². The minimum atomic E-state index is -3.07. The van der Waals surface area contributed by atoms with E-state index in [0.717, 1.165) is 30.4 Å². The number of para-hydroxylation sites is 1. The first-order valence-corrected chi connectivity index (χ1v) is 21.2. The molecule has 52 heavy (non-hydrogen) atoms. The molecule has 10 heteroatoms. The second kappa shape index (κ2) is 16.5. The second-order valence-electron chi connectivity index (χ2n) is 14.9. The van der Waals surface area contributed by atoms with Gasteiger partial charge in [0, 0.05) is 48.0 Å². The Balaban J connectivity index is 1.56. The van der Waals surface area contributed by atoms with Crippen LogP contribution >= 0.6 is 0 Å². The van der Waals surface area contributed by atoms with Crippen LogP contribution in [0.1, 0.15) is 58.1 Å². The molecule has 1 fully saturated rings. The van der Waals surface area contributed by atoms with Gasteiger partial charge in [-0.05, 0) is 82.6 Å². The molecule has 2 heterocycles. The Morgan fingerprint density at radius 1 is 0.981 bits per heavy atom. The van der Waals surface area contributed by atoms with Crippen LogP contribution in [0.25, 0.3) is 0 Å². The number of allylic oxidation sites excluding steroid dienone is 3. The van der Waals surface area contributed by atoms with Crippen LogP contribution in [0.4, 0.5) is 17.1 Å². The maximum absolute atomic E-state index is 15.0. The molecule has 0 unspecified atom stereocenters. The van der Waals surface area contributed by atoms with Crippen LogP contribution in [0.2, 0.25) is 18.6 Å². The third kappa shape index (κ3) is 8.15. The van der Waals surface area contributed by atoms with Crippen LogP contribution in [0.5, 0.6) is 0 Å². The van der Waals surface area contributed by atoms with Gasteiger partial charge in [0.15, 0.2) is 13.9 Å². The molecule has 5 rings (SSSR count). The van der Waals surface area contributed by atoms with Gasteiger partial charge < -0.3 is 24.4 Å². The minimum absolute atomic E-state index is 0.0588. The van der Waals surface area contributed by atoms with Crippen molar-refractivity contribution in [2.45, 2.75) is 83.8 Å². The number of nitrogens with zero attached hydrogens (tertiary/aromatic N) is 3. The van der Waals surface area contributed by atoms with Crippen LogP contribution in [0, 0.1) is 5.92 Å². The summed E-state index contributed by atoms with van der Waals surface area (Å²) in [4.78, 5) is 58.3. The van der Waals surface area contributed by atoms with E-state index in [0.29, 0.717) is 35.7 Å². The maximum atomic E-state index is 15.0. The fourth-order valence-electron chi connectivity index (χ4n) is 7.91.